The highest BCUT2D eigenvalue weighted by Crippen LogP contribution is 2.57. The van der Waals surface area contributed by atoms with Gasteiger partial charge in [0, 0.05) is 44.8 Å². The van der Waals surface area contributed by atoms with Crippen LogP contribution in [0.4, 0.5) is 5.69 Å². The van der Waals surface area contributed by atoms with E-state index in [0.717, 1.165) is 76.3 Å². The molecule has 2 aliphatic carbocycles. The molecule has 310 valence electrons. The number of allylic oxidation sites excluding steroid dienone is 2. The van der Waals surface area contributed by atoms with Crippen molar-refractivity contribution in [3.63, 3.8) is 0 Å². The summed E-state index contributed by atoms with van der Waals surface area (Å²) in [4.78, 5) is 56.1. The molecule has 4 fully saturated rings. The summed E-state index contributed by atoms with van der Waals surface area (Å²) in [6.45, 7) is 10.6. The molecule has 3 aliphatic heterocycles. The number of carbonyl (C=O) groups excluding carboxylic acids is 4. The van der Waals surface area contributed by atoms with Crippen molar-refractivity contribution in [2.75, 3.05) is 44.6 Å². The first-order chi connectivity index (χ1) is 28.7. The highest BCUT2D eigenvalue weighted by Gasteiger charge is 2.49. The Morgan fingerprint density at radius 1 is 0.847 bits per heavy atom. The highest BCUT2D eigenvalue weighted by molar-refractivity contribution is 6.23. The first-order valence-corrected chi connectivity index (χ1v) is 22.0. The third kappa shape index (κ3) is 8.72. The zero-order valence-corrected chi connectivity index (χ0v) is 34.6. The predicted molar refractivity (Wildman–Crippen MR) is 231 cm³/mol. The number of imide groups is 2. The van der Waals surface area contributed by atoms with Crippen LogP contribution in [0.3, 0.4) is 0 Å². The van der Waals surface area contributed by atoms with Crippen LogP contribution in [-0.4, -0.2) is 94.8 Å². The number of amides is 4. The summed E-state index contributed by atoms with van der Waals surface area (Å²) >= 11 is 0. The first-order valence-electron chi connectivity index (χ1n) is 22.0. The number of piperazine rings is 1. The molecule has 2 saturated heterocycles. The van der Waals surface area contributed by atoms with Crippen molar-refractivity contribution in [3.05, 3.63) is 113 Å². The molecule has 59 heavy (non-hydrogen) atoms. The second-order valence-corrected chi connectivity index (χ2v) is 17.3. The summed E-state index contributed by atoms with van der Waals surface area (Å²) in [5.74, 6) is 0.262. The summed E-state index contributed by atoms with van der Waals surface area (Å²) in [5.41, 5.74) is 8.29. The summed E-state index contributed by atoms with van der Waals surface area (Å²) < 4.78 is 0. The Morgan fingerprint density at radius 2 is 1.59 bits per heavy atom. The van der Waals surface area contributed by atoms with E-state index in [2.05, 4.69) is 95.0 Å². The average molecular weight is 798 g/mol. The van der Waals surface area contributed by atoms with E-state index in [9.17, 15) is 24.3 Å². The highest BCUT2D eigenvalue weighted by atomic mass is 16.3. The standard InChI is InChI=1S/C49H59N5O5/c1-3-33-28-36-29-38(55)31-41(33)46(36)45(39(4-2)34-11-6-5-7-12-34)35-15-13-32(14-16-35)10-8-22-52-24-26-53(27-25-52)23-9-21-50-37-17-18-40-42(30-37)49(59)54(48(40)58)43-19-20-44(56)51-47(43)57/h5-7,9,11-18,21,30,33,36,38,41,43,46,50,55H,3-4,8,10,19-20,22-29,31H2,1-2H3,(H,51,56,57)/b21-9+,45-39+. The van der Waals surface area contributed by atoms with Crippen LogP contribution in [0.25, 0.3) is 11.1 Å². The maximum absolute atomic E-state index is 13.2. The molecule has 3 aromatic rings. The van der Waals surface area contributed by atoms with Crippen LogP contribution in [0.1, 0.15) is 103 Å². The molecule has 4 amide bonds. The number of benzene rings is 3. The molecule has 10 nitrogen and oxygen atoms in total. The fourth-order valence-corrected chi connectivity index (χ4v) is 10.8. The molecule has 3 heterocycles. The maximum Gasteiger partial charge on any atom is 0.262 e. The van der Waals surface area contributed by atoms with Crippen molar-refractivity contribution in [1.82, 2.24) is 20.0 Å². The van der Waals surface area contributed by atoms with Gasteiger partial charge in [-0.3, -0.25) is 34.3 Å². The van der Waals surface area contributed by atoms with Crippen LogP contribution in [0.2, 0.25) is 0 Å². The molecule has 6 atom stereocenters. The summed E-state index contributed by atoms with van der Waals surface area (Å²) in [7, 11) is 0. The normalized spacial score (nSPS) is 26.7. The number of aliphatic hydroxyl groups is 1. The van der Waals surface area contributed by atoms with E-state index in [1.54, 1.807) is 18.2 Å². The minimum absolute atomic E-state index is 0.0931. The molecule has 0 radical (unpaired) electrons. The van der Waals surface area contributed by atoms with Crippen LogP contribution in [0.5, 0.6) is 0 Å². The summed E-state index contributed by atoms with van der Waals surface area (Å²) in [5, 5.41) is 16.3. The Morgan fingerprint density at radius 3 is 2.32 bits per heavy atom. The van der Waals surface area contributed by atoms with E-state index in [4.69, 9.17) is 0 Å². The SMILES string of the molecule is CC/C(=C(/c1ccc(CCCN2CCN(C/C=C/Nc3ccc4c(c3)C(=O)N(C3CCC(=O)NC3=O)C4=O)CC2)cc1)C1C2CC(O)CC1C(CC)C2)c1ccccc1. The van der Waals surface area contributed by atoms with Gasteiger partial charge in [0.2, 0.25) is 11.8 Å². The second kappa shape index (κ2) is 18.2. The van der Waals surface area contributed by atoms with E-state index in [1.165, 1.54) is 40.7 Å². The van der Waals surface area contributed by atoms with Crippen LogP contribution in [0.15, 0.2) is 85.1 Å². The Bertz CT molecular complexity index is 2090. The average Bonchev–Trinajstić information content (AvgIpc) is 3.62. The minimum atomic E-state index is -0.974. The van der Waals surface area contributed by atoms with Gasteiger partial charge in [0.05, 0.1) is 17.2 Å². The minimum Gasteiger partial charge on any atom is -0.393 e. The Kier molecular flexibility index (Phi) is 12.6. The lowest BCUT2D eigenvalue weighted by atomic mass is 9.68. The van der Waals surface area contributed by atoms with Gasteiger partial charge in [-0.05, 0) is 127 Å². The van der Waals surface area contributed by atoms with E-state index in [-0.39, 0.29) is 30.1 Å². The quantitative estimate of drug-likeness (QED) is 0.118. The predicted octanol–water partition coefficient (Wildman–Crippen LogP) is 7.02. The molecule has 2 bridgehead atoms. The van der Waals surface area contributed by atoms with Crippen molar-refractivity contribution < 1.29 is 24.3 Å². The molecule has 0 aromatic heterocycles. The lowest BCUT2D eigenvalue weighted by molar-refractivity contribution is -0.136. The first kappa shape index (κ1) is 40.9. The molecule has 3 N–H and O–H groups in total. The van der Waals surface area contributed by atoms with Crippen molar-refractivity contribution >= 4 is 40.5 Å². The number of piperidine rings is 1. The number of nitrogens with zero attached hydrogens (tertiary/aromatic N) is 3. The summed E-state index contributed by atoms with van der Waals surface area (Å²) in [6, 6.07) is 24.5. The van der Waals surface area contributed by atoms with Crippen molar-refractivity contribution in [1.29, 1.82) is 0 Å². The third-order valence-electron chi connectivity index (χ3n) is 13.8. The van der Waals surface area contributed by atoms with E-state index in [1.807, 2.05) is 6.20 Å². The van der Waals surface area contributed by atoms with Crippen molar-refractivity contribution in [2.45, 2.75) is 83.8 Å². The van der Waals surface area contributed by atoms with Crippen molar-refractivity contribution in [3.8, 4) is 0 Å². The fourth-order valence-electron chi connectivity index (χ4n) is 10.8. The topological polar surface area (TPSA) is 122 Å². The van der Waals surface area contributed by atoms with Gasteiger partial charge in [-0.1, -0.05) is 80.9 Å². The monoisotopic (exact) mass is 797 g/mol. The number of hydrogen-bond donors (Lipinski definition) is 3. The number of nitrogens with one attached hydrogen (secondary N) is 2. The lowest BCUT2D eigenvalue weighted by Crippen LogP contribution is -2.54. The second-order valence-electron chi connectivity index (χ2n) is 17.3. The molecule has 8 rings (SSSR count). The lowest BCUT2D eigenvalue weighted by Gasteiger charge is -2.37. The number of carbonyl (C=O) groups is 4. The Labute approximate surface area is 348 Å². The van der Waals surface area contributed by atoms with Gasteiger partial charge in [-0.25, -0.2) is 0 Å². The zero-order chi connectivity index (χ0) is 41.0. The largest absolute Gasteiger partial charge is 0.393 e. The smallest absolute Gasteiger partial charge is 0.262 e. The number of anilines is 1. The zero-order valence-electron chi connectivity index (χ0n) is 34.6. The van der Waals surface area contributed by atoms with Gasteiger partial charge in [0.1, 0.15) is 6.04 Å². The number of hydrogen-bond acceptors (Lipinski definition) is 8. The molecule has 5 aliphatic rings. The van der Waals surface area contributed by atoms with Gasteiger partial charge in [-0.15, -0.1) is 0 Å². The maximum atomic E-state index is 13.2. The van der Waals surface area contributed by atoms with E-state index in [0.29, 0.717) is 29.4 Å². The van der Waals surface area contributed by atoms with Gasteiger partial charge in [-0.2, -0.15) is 0 Å². The molecule has 3 aromatic carbocycles. The number of aryl methyl sites for hydroxylation is 1. The number of rotatable bonds is 14. The molecule has 2 saturated carbocycles. The van der Waals surface area contributed by atoms with Crippen molar-refractivity contribution in [2.24, 2.45) is 23.7 Å². The number of fused-ring (bicyclic) bond motifs is 3. The molecule has 0 spiro atoms. The van der Waals surface area contributed by atoms with Crippen LogP contribution in [0, 0.1) is 23.7 Å². The van der Waals surface area contributed by atoms with E-state index < -0.39 is 29.7 Å². The van der Waals surface area contributed by atoms with E-state index >= 15 is 0 Å². The molecular weight excluding hydrogens is 739 g/mol. The molecule has 6 unspecified atom stereocenters. The van der Waals surface area contributed by atoms with Crippen LogP contribution in [-0.2, 0) is 16.0 Å². The fraction of sp³-hybridized carbons (Fsp3) is 0.469. The van der Waals surface area contributed by atoms with Gasteiger partial charge >= 0.3 is 0 Å². The Balaban J connectivity index is 0.810. The third-order valence-corrected chi connectivity index (χ3v) is 13.8. The van der Waals surface area contributed by atoms with Gasteiger partial charge in [0.15, 0.2) is 0 Å². The van der Waals surface area contributed by atoms with Crippen LogP contribution < -0.4 is 10.6 Å². The molecule has 10 heteroatoms. The van der Waals surface area contributed by atoms with Gasteiger partial charge in [0.25, 0.3) is 11.8 Å². The summed E-state index contributed by atoms with van der Waals surface area (Å²) in [6.07, 6.45) is 11.5. The number of aliphatic hydroxyl groups excluding tert-OH is 1. The van der Waals surface area contributed by atoms with Crippen LogP contribution >= 0.6 is 0 Å². The Hall–Kier alpha value is -4.90. The molecular formula is C49H59N5O5. The van der Waals surface area contributed by atoms with Gasteiger partial charge < -0.3 is 15.3 Å².